The highest BCUT2D eigenvalue weighted by atomic mass is 19.1. The Hall–Kier alpha value is -2.23. The van der Waals surface area contributed by atoms with E-state index in [0.29, 0.717) is 18.7 Å². The summed E-state index contributed by atoms with van der Waals surface area (Å²) in [5.74, 6) is -0.553. The third-order valence-corrected chi connectivity index (χ3v) is 3.05. The standard InChI is InChI=1S/C14H11FN2O/c15-12-5-1-3-10(7-12)14(18)17-8-11-4-2-6-16-13(11)9-17/h1-7H,8-9H2. The minimum Gasteiger partial charge on any atom is -0.328 e. The van der Waals surface area contributed by atoms with Crippen LogP contribution >= 0.6 is 0 Å². The number of aromatic nitrogens is 1. The summed E-state index contributed by atoms with van der Waals surface area (Å²) in [4.78, 5) is 18.1. The Bertz CT molecular complexity index is 587. The van der Waals surface area contributed by atoms with Gasteiger partial charge in [0.05, 0.1) is 12.2 Å². The predicted octanol–water partition coefficient (Wildman–Crippen LogP) is 2.38. The molecule has 1 aromatic carbocycles. The number of carbonyl (C=O) groups is 1. The number of hydrogen-bond acceptors (Lipinski definition) is 2. The third kappa shape index (κ3) is 1.86. The molecule has 3 nitrogen and oxygen atoms in total. The molecule has 1 aromatic heterocycles. The van der Waals surface area contributed by atoms with Crippen LogP contribution in [-0.2, 0) is 13.1 Å². The molecule has 1 amide bonds. The van der Waals surface area contributed by atoms with Gasteiger partial charge in [-0.1, -0.05) is 12.1 Å². The summed E-state index contributed by atoms with van der Waals surface area (Å²) in [6.45, 7) is 1.03. The van der Waals surface area contributed by atoms with Crippen molar-refractivity contribution in [1.29, 1.82) is 0 Å². The van der Waals surface area contributed by atoms with Crippen molar-refractivity contribution in [2.24, 2.45) is 0 Å². The van der Waals surface area contributed by atoms with Gasteiger partial charge < -0.3 is 4.90 Å². The SMILES string of the molecule is O=C(c1cccc(F)c1)N1Cc2cccnc2C1. The van der Waals surface area contributed by atoms with E-state index < -0.39 is 5.82 Å². The van der Waals surface area contributed by atoms with E-state index in [1.165, 1.54) is 12.1 Å². The van der Waals surface area contributed by atoms with Crippen molar-refractivity contribution in [3.63, 3.8) is 0 Å². The Morgan fingerprint density at radius 3 is 2.89 bits per heavy atom. The average molecular weight is 242 g/mol. The number of hydrogen-bond donors (Lipinski definition) is 0. The van der Waals surface area contributed by atoms with Gasteiger partial charge in [0.1, 0.15) is 5.82 Å². The van der Waals surface area contributed by atoms with E-state index in [-0.39, 0.29) is 5.91 Å². The van der Waals surface area contributed by atoms with Crippen LogP contribution in [0.3, 0.4) is 0 Å². The first-order valence-corrected chi connectivity index (χ1v) is 5.71. The van der Waals surface area contributed by atoms with Gasteiger partial charge in [-0.2, -0.15) is 0 Å². The molecule has 0 unspecified atom stereocenters. The van der Waals surface area contributed by atoms with Crippen LogP contribution in [-0.4, -0.2) is 15.8 Å². The van der Waals surface area contributed by atoms with Gasteiger partial charge >= 0.3 is 0 Å². The van der Waals surface area contributed by atoms with Gasteiger partial charge in [0.25, 0.3) is 5.91 Å². The minimum absolute atomic E-state index is 0.160. The number of pyridine rings is 1. The molecular weight excluding hydrogens is 231 g/mol. The number of nitrogens with zero attached hydrogens (tertiary/aromatic N) is 2. The van der Waals surface area contributed by atoms with E-state index in [9.17, 15) is 9.18 Å². The Balaban J connectivity index is 1.84. The van der Waals surface area contributed by atoms with Crippen LogP contribution in [0.5, 0.6) is 0 Å². The molecule has 4 heteroatoms. The molecule has 0 saturated carbocycles. The summed E-state index contributed by atoms with van der Waals surface area (Å²) in [6, 6.07) is 9.58. The highest BCUT2D eigenvalue weighted by Gasteiger charge is 2.24. The number of halogens is 1. The summed E-state index contributed by atoms with van der Waals surface area (Å²) in [5.41, 5.74) is 2.35. The molecule has 2 aromatic rings. The highest BCUT2D eigenvalue weighted by molar-refractivity contribution is 5.94. The van der Waals surface area contributed by atoms with Crippen LogP contribution in [0.25, 0.3) is 0 Å². The maximum Gasteiger partial charge on any atom is 0.254 e. The third-order valence-electron chi connectivity index (χ3n) is 3.05. The van der Waals surface area contributed by atoms with Crippen molar-refractivity contribution < 1.29 is 9.18 Å². The molecule has 3 rings (SSSR count). The number of amides is 1. The molecular formula is C14H11FN2O. The van der Waals surface area contributed by atoms with Crippen LogP contribution in [0.4, 0.5) is 4.39 Å². The fourth-order valence-electron chi connectivity index (χ4n) is 2.15. The lowest BCUT2D eigenvalue weighted by atomic mass is 10.2. The summed E-state index contributed by atoms with van der Waals surface area (Å²) >= 11 is 0. The maximum absolute atomic E-state index is 13.1. The van der Waals surface area contributed by atoms with Crippen molar-refractivity contribution in [1.82, 2.24) is 9.88 Å². The molecule has 0 spiro atoms. The van der Waals surface area contributed by atoms with E-state index >= 15 is 0 Å². The molecule has 0 radical (unpaired) electrons. The second kappa shape index (κ2) is 4.22. The van der Waals surface area contributed by atoms with Crippen LogP contribution in [0.15, 0.2) is 42.6 Å². The second-order valence-electron chi connectivity index (χ2n) is 4.28. The number of benzene rings is 1. The highest BCUT2D eigenvalue weighted by Crippen LogP contribution is 2.22. The molecule has 0 saturated heterocycles. The molecule has 18 heavy (non-hydrogen) atoms. The zero-order valence-corrected chi connectivity index (χ0v) is 9.64. The first kappa shape index (κ1) is 10.9. The topological polar surface area (TPSA) is 33.2 Å². The predicted molar refractivity (Wildman–Crippen MR) is 64.2 cm³/mol. The van der Waals surface area contributed by atoms with Crippen molar-refractivity contribution in [3.8, 4) is 0 Å². The van der Waals surface area contributed by atoms with E-state index in [1.54, 1.807) is 23.2 Å². The molecule has 0 atom stereocenters. The van der Waals surface area contributed by atoms with Gasteiger partial charge in [-0.3, -0.25) is 9.78 Å². The number of rotatable bonds is 1. The average Bonchev–Trinajstić information content (AvgIpc) is 2.81. The van der Waals surface area contributed by atoms with Crippen LogP contribution < -0.4 is 0 Å². The summed E-state index contributed by atoms with van der Waals surface area (Å²) in [5, 5.41) is 0. The molecule has 1 aliphatic rings. The van der Waals surface area contributed by atoms with Crippen LogP contribution in [0.2, 0.25) is 0 Å². The lowest BCUT2D eigenvalue weighted by Gasteiger charge is -2.14. The van der Waals surface area contributed by atoms with Crippen LogP contribution in [0, 0.1) is 5.82 Å². The molecule has 2 heterocycles. The van der Waals surface area contributed by atoms with Gasteiger partial charge in [-0.25, -0.2) is 4.39 Å². The van der Waals surface area contributed by atoms with Gasteiger partial charge in [-0.15, -0.1) is 0 Å². The van der Waals surface area contributed by atoms with Crippen molar-refractivity contribution in [3.05, 3.63) is 65.2 Å². The van der Waals surface area contributed by atoms with E-state index in [0.717, 1.165) is 11.3 Å². The zero-order chi connectivity index (χ0) is 12.5. The van der Waals surface area contributed by atoms with Gasteiger partial charge in [0, 0.05) is 18.3 Å². The lowest BCUT2D eigenvalue weighted by molar-refractivity contribution is 0.0750. The van der Waals surface area contributed by atoms with Gasteiger partial charge in [0.2, 0.25) is 0 Å². The second-order valence-corrected chi connectivity index (χ2v) is 4.28. The zero-order valence-electron chi connectivity index (χ0n) is 9.64. The first-order valence-electron chi connectivity index (χ1n) is 5.71. The molecule has 0 fully saturated rings. The minimum atomic E-state index is -0.393. The maximum atomic E-state index is 13.1. The number of fused-ring (bicyclic) bond motifs is 1. The summed E-state index contributed by atoms with van der Waals surface area (Å²) in [7, 11) is 0. The molecule has 0 bridgehead atoms. The Morgan fingerprint density at radius 2 is 2.11 bits per heavy atom. The fraction of sp³-hybridized carbons (Fsp3) is 0.143. The van der Waals surface area contributed by atoms with Gasteiger partial charge in [-0.05, 0) is 29.8 Å². The molecule has 0 aliphatic carbocycles. The van der Waals surface area contributed by atoms with Crippen molar-refractivity contribution >= 4 is 5.91 Å². The normalized spacial score (nSPS) is 13.5. The van der Waals surface area contributed by atoms with E-state index in [4.69, 9.17) is 0 Å². The largest absolute Gasteiger partial charge is 0.328 e. The quantitative estimate of drug-likeness (QED) is 0.769. The van der Waals surface area contributed by atoms with E-state index in [2.05, 4.69) is 4.98 Å². The summed E-state index contributed by atoms with van der Waals surface area (Å²) < 4.78 is 13.1. The monoisotopic (exact) mass is 242 g/mol. The van der Waals surface area contributed by atoms with Crippen LogP contribution in [0.1, 0.15) is 21.6 Å². The smallest absolute Gasteiger partial charge is 0.254 e. The first-order chi connectivity index (χ1) is 8.74. The Labute approximate surface area is 104 Å². The lowest BCUT2D eigenvalue weighted by Crippen LogP contribution is -2.25. The molecule has 1 aliphatic heterocycles. The summed E-state index contributed by atoms with van der Waals surface area (Å²) in [6.07, 6.45) is 1.72. The Kier molecular flexibility index (Phi) is 2.55. The van der Waals surface area contributed by atoms with Crippen molar-refractivity contribution in [2.75, 3.05) is 0 Å². The molecule has 90 valence electrons. The number of carbonyl (C=O) groups excluding carboxylic acids is 1. The van der Waals surface area contributed by atoms with Gasteiger partial charge in [0.15, 0.2) is 0 Å². The van der Waals surface area contributed by atoms with Crippen molar-refractivity contribution in [2.45, 2.75) is 13.1 Å². The Morgan fingerprint density at radius 1 is 1.22 bits per heavy atom. The molecule has 0 N–H and O–H groups in total. The fourth-order valence-corrected chi connectivity index (χ4v) is 2.15. The van der Waals surface area contributed by atoms with E-state index in [1.807, 2.05) is 12.1 Å².